The highest BCUT2D eigenvalue weighted by molar-refractivity contribution is 6.42. The number of hydrogen-bond donors (Lipinski definition) is 1. The number of likely N-dealkylation sites (tertiary alicyclic amines) is 1. The number of piperidine rings is 1. The smallest absolute Gasteiger partial charge is 0.251 e. The summed E-state index contributed by atoms with van der Waals surface area (Å²) in [6.07, 6.45) is 2.04. The van der Waals surface area contributed by atoms with Gasteiger partial charge in [0.2, 0.25) is 5.91 Å². The first-order valence-corrected chi connectivity index (χ1v) is 7.74. The van der Waals surface area contributed by atoms with E-state index in [1.165, 1.54) is 6.07 Å². The van der Waals surface area contributed by atoms with Crippen LogP contribution in [0, 0.1) is 5.92 Å². The van der Waals surface area contributed by atoms with Crippen LogP contribution in [-0.4, -0.2) is 36.3 Å². The topological polar surface area (TPSA) is 49.4 Å². The van der Waals surface area contributed by atoms with Gasteiger partial charge in [0.25, 0.3) is 5.91 Å². The van der Waals surface area contributed by atoms with E-state index in [1.54, 1.807) is 17.0 Å². The zero-order valence-corrected chi connectivity index (χ0v) is 13.4. The molecule has 0 atom stereocenters. The number of rotatable bonds is 3. The standard InChI is InChI=1S/C15H18Cl2N2O2/c1-10-4-6-19(7-5-10)14(20)9-18-15(21)11-2-3-12(16)13(17)8-11/h2-3,8,10H,4-7,9H2,1H3,(H,18,21). The van der Waals surface area contributed by atoms with Crippen molar-refractivity contribution in [2.45, 2.75) is 19.8 Å². The molecule has 6 heteroatoms. The number of carbonyl (C=O) groups excluding carboxylic acids is 2. The maximum atomic E-state index is 12.0. The highest BCUT2D eigenvalue weighted by Crippen LogP contribution is 2.22. The van der Waals surface area contributed by atoms with Crippen molar-refractivity contribution in [1.29, 1.82) is 0 Å². The number of halogens is 2. The number of carbonyl (C=O) groups is 2. The Morgan fingerprint density at radius 2 is 1.90 bits per heavy atom. The van der Waals surface area contributed by atoms with Gasteiger partial charge in [0.05, 0.1) is 16.6 Å². The van der Waals surface area contributed by atoms with Crippen LogP contribution in [0.5, 0.6) is 0 Å². The summed E-state index contributed by atoms with van der Waals surface area (Å²) in [6.45, 7) is 3.73. The van der Waals surface area contributed by atoms with Crippen molar-refractivity contribution in [3.8, 4) is 0 Å². The van der Waals surface area contributed by atoms with Crippen molar-refractivity contribution >= 4 is 35.0 Å². The van der Waals surface area contributed by atoms with Crippen LogP contribution >= 0.6 is 23.2 Å². The Labute approximate surface area is 134 Å². The van der Waals surface area contributed by atoms with E-state index in [-0.39, 0.29) is 18.4 Å². The van der Waals surface area contributed by atoms with Crippen LogP contribution in [0.3, 0.4) is 0 Å². The van der Waals surface area contributed by atoms with E-state index in [0.29, 0.717) is 21.5 Å². The van der Waals surface area contributed by atoms with E-state index in [2.05, 4.69) is 12.2 Å². The number of nitrogens with one attached hydrogen (secondary N) is 1. The van der Waals surface area contributed by atoms with Crippen molar-refractivity contribution in [1.82, 2.24) is 10.2 Å². The first-order chi connectivity index (χ1) is 9.97. The Bertz CT molecular complexity index is 540. The number of benzene rings is 1. The largest absolute Gasteiger partial charge is 0.343 e. The van der Waals surface area contributed by atoms with E-state index in [0.717, 1.165) is 25.9 Å². The predicted molar refractivity (Wildman–Crippen MR) is 83.8 cm³/mol. The van der Waals surface area contributed by atoms with Gasteiger partial charge in [0.1, 0.15) is 0 Å². The molecule has 0 saturated carbocycles. The second kappa shape index (κ2) is 7.14. The maximum absolute atomic E-state index is 12.0. The number of amides is 2. The molecule has 0 spiro atoms. The van der Waals surface area contributed by atoms with E-state index in [9.17, 15) is 9.59 Å². The lowest BCUT2D eigenvalue weighted by Crippen LogP contribution is -2.43. The van der Waals surface area contributed by atoms with Gasteiger partial charge in [-0.05, 0) is 37.0 Å². The molecule has 1 fully saturated rings. The molecule has 0 unspecified atom stereocenters. The third-order valence-corrected chi connectivity index (χ3v) is 4.46. The Balaban J connectivity index is 1.86. The summed E-state index contributed by atoms with van der Waals surface area (Å²) < 4.78 is 0. The summed E-state index contributed by atoms with van der Waals surface area (Å²) in [5.74, 6) is 0.294. The van der Waals surface area contributed by atoms with Crippen molar-refractivity contribution in [2.75, 3.05) is 19.6 Å². The Hall–Kier alpha value is -1.26. The van der Waals surface area contributed by atoms with Gasteiger partial charge < -0.3 is 10.2 Å². The van der Waals surface area contributed by atoms with Crippen LogP contribution in [0.4, 0.5) is 0 Å². The zero-order chi connectivity index (χ0) is 15.4. The van der Waals surface area contributed by atoms with Gasteiger partial charge in [-0.25, -0.2) is 0 Å². The summed E-state index contributed by atoms with van der Waals surface area (Å²) in [5.41, 5.74) is 0.393. The molecule has 114 valence electrons. The highest BCUT2D eigenvalue weighted by Gasteiger charge is 2.20. The minimum absolute atomic E-state index is 0.00740. The lowest BCUT2D eigenvalue weighted by molar-refractivity contribution is -0.131. The molecule has 1 aromatic carbocycles. The molecule has 21 heavy (non-hydrogen) atoms. The SMILES string of the molecule is CC1CCN(C(=O)CNC(=O)c2ccc(Cl)c(Cl)c2)CC1. The second-order valence-electron chi connectivity index (χ2n) is 5.37. The van der Waals surface area contributed by atoms with Crippen LogP contribution in [0.2, 0.25) is 10.0 Å². The second-order valence-corrected chi connectivity index (χ2v) is 6.19. The Morgan fingerprint density at radius 1 is 1.24 bits per heavy atom. The fourth-order valence-electron chi connectivity index (χ4n) is 2.27. The van der Waals surface area contributed by atoms with E-state index in [4.69, 9.17) is 23.2 Å². The van der Waals surface area contributed by atoms with E-state index < -0.39 is 0 Å². The lowest BCUT2D eigenvalue weighted by Gasteiger charge is -2.30. The van der Waals surface area contributed by atoms with E-state index >= 15 is 0 Å². The predicted octanol–water partition coefficient (Wildman–Crippen LogP) is 2.98. The highest BCUT2D eigenvalue weighted by atomic mass is 35.5. The van der Waals surface area contributed by atoms with Gasteiger partial charge in [-0.1, -0.05) is 30.1 Å². The minimum Gasteiger partial charge on any atom is -0.343 e. The quantitative estimate of drug-likeness (QED) is 0.927. The van der Waals surface area contributed by atoms with Gasteiger partial charge in [0, 0.05) is 18.7 Å². The summed E-state index contributed by atoms with van der Waals surface area (Å²) >= 11 is 11.7. The summed E-state index contributed by atoms with van der Waals surface area (Å²) in [5, 5.41) is 3.34. The van der Waals surface area contributed by atoms with Crippen LogP contribution in [0.25, 0.3) is 0 Å². The summed E-state index contributed by atoms with van der Waals surface area (Å²) in [7, 11) is 0. The van der Waals surface area contributed by atoms with Crippen LogP contribution < -0.4 is 5.32 Å². The molecule has 0 bridgehead atoms. The van der Waals surface area contributed by atoms with Gasteiger partial charge in [0.15, 0.2) is 0 Å². The summed E-state index contributed by atoms with van der Waals surface area (Å²) in [4.78, 5) is 25.8. The van der Waals surface area contributed by atoms with Crippen LogP contribution in [0.15, 0.2) is 18.2 Å². The van der Waals surface area contributed by atoms with E-state index in [1.807, 2.05) is 0 Å². The normalized spacial score (nSPS) is 15.9. The molecular weight excluding hydrogens is 311 g/mol. The first-order valence-electron chi connectivity index (χ1n) is 6.98. The molecule has 0 radical (unpaired) electrons. The molecule has 2 rings (SSSR count). The molecule has 1 saturated heterocycles. The molecule has 1 N–H and O–H groups in total. The zero-order valence-electron chi connectivity index (χ0n) is 11.9. The third kappa shape index (κ3) is 4.35. The third-order valence-electron chi connectivity index (χ3n) is 3.72. The van der Waals surface area contributed by atoms with Crippen molar-refractivity contribution < 1.29 is 9.59 Å². The molecule has 0 aliphatic carbocycles. The molecule has 1 aliphatic heterocycles. The molecule has 1 aromatic rings. The first kappa shape index (κ1) is 16.1. The van der Waals surface area contributed by atoms with Crippen molar-refractivity contribution in [3.05, 3.63) is 33.8 Å². The fourth-order valence-corrected chi connectivity index (χ4v) is 2.56. The van der Waals surface area contributed by atoms with Gasteiger partial charge in [-0.2, -0.15) is 0 Å². The van der Waals surface area contributed by atoms with Crippen LogP contribution in [-0.2, 0) is 4.79 Å². The average Bonchev–Trinajstić information content (AvgIpc) is 2.48. The molecule has 2 amide bonds. The minimum atomic E-state index is -0.327. The molecule has 4 nitrogen and oxygen atoms in total. The van der Waals surface area contributed by atoms with Crippen LogP contribution in [0.1, 0.15) is 30.1 Å². The Morgan fingerprint density at radius 3 is 2.52 bits per heavy atom. The van der Waals surface area contributed by atoms with Gasteiger partial charge in [-0.15, -0.1) is 0 Å². The molecule has 1 heterocycles. The average molecular weight is 329 g/mol. The van der Waals surface area contributed by atoms with Crippen molar-refractivity contribution in [2.24, 2.45) is 5.92 Å². The maximum Gasteiger partial charge on any atom is 0.251 e. The fraction of sp³-hybridized carbons (Fsp3) is 0.467. The van der Waals surface area contributed by atoms with Gasteiger partial charge >= 0.3 is 0 Å². The lowest BCUT2D eigenvalue weighted by atomic mass is 9.99. The molecule has 1 aliphatic rings. The Kier molecular flexibility index (Phi) is 5.48. The van der Waals surface area contributed by atoms with Crippen molar-refractivity contribution in [3.63, 3.8) is 0 Å². The van der Waals surface area contributed by atoms with Gasteiger partial charge in [-0.3, -0.25) is 9.59 Å². The summed E-state index contributed by atoms with van der Waals surface area (Å²) in [6, 6.07) is 4.63. The monoisotopic (exact) mass is 328 g/mol. The molecular formula is C15H18Cl2N2O2. The number of nitrogens with zero attached hydrogens (tertiary/aromatic N) is 1. The number of hydrogen-bond acceptors (Lipinski definition) is 2. The molecule has 0 aromatic heterocycles.